The van der Waals surface area contributed by atoms with Crippen LogP contribution in [0.4, 0.5) is 10.5 Å². The van der Waals surface area contributed by atoms with E-state index in [4.69, 9.17) is 0 Å². The van der Waals surface area contributed by atoms with E-state index in [0.717, 1.165) is 29.7 Å². The van der Waals surface area contributed by atoms with Gasteiger partial charge in [-0.1, -0.05) is 42.8 Å². The van der Waals surface area contributed by atoms with Crippen molar-refractivity contribution in [2.45, 2.75) is 38.5 Å². The number of carbonyl (C=O) groups excluding carboxylic acids is 1. The van der Waals surface area contributed by atoms with E-state index in [9.17, 15) is 4.79 Å². The fraction of sp³-hybridized carbons (Fsp3) is 0.350. The Kier molecular flexibility index (Phi) is 4.37. The SMILES string of the molecule is Cc1cc(C)cc(NC(=O)NCC2(c3ccccc3)CCC2)c1. The van der Waals surface area contributed by atoms with E-state index in [1.165, 1.54) is 12.0 Å². The third-order valence-electron chi connectivity index (χ3n) is 4.76. The first-order valence-corrected chi connectivity index (χ1v) is 8.26. The molecule has 0 radical (unpaired) electrons. The summed E-state index contributed by atoms with van der Waals surface area (Å²) in [5, 5.41) is 6.01. The maximum Gasteiger partial charge on any atom is 0.319 e. The van der Waals surface area contributed by atoms with Gasteiger partial charge in [0.1, 0.15) is 0 Å². The first-order valence-electron chi connectivity index (χ1n) is 8.26. The predicted octanol–water partition coefficient (Wildman–Crippen LogP) is 4.55. The van der Waals surface area contributed by atoms with E-state index in [1.54, 1.807) is 0 Å². The summed E-state index contributed by atoms with van der Waals surface area (Å²) in [5.74, 6) is 0. The average Bonchev–Trinajstić information content (AvgIpc) is 2.46. The minimum absolute atomic E-state index is 0.112. The molecule has 2 N–H and O–H groups in total. The van der Waals surface area contributed by atoms with Crippen LogP contribution in [0.5, 0.6) is 0 Å². The number of hydrogen-bond donors (Lipinski definition) is 2. The van der Waals surface area contributed by atoms with Crippen LogP contribution in [0.25, 0.3) is 0 Å². The second-order valence-corrected chi connectivity index (χ2v) is 6.68. The van der Waals surface area contributed by atoms with Crippen molar-refractivity contribution in [1.29, 1.82) is 0 Å². The number of nitrogens with one attached hydrogen (secondary N) is 2. The van der Waals surface area contributed by atoms with Crippen LogP contribution in [0.3, 0.4) is 0 Å². The van der Waals surface area contributed by atoms with Gasteiger partial charge in [-0.2, -0.15) is 0 Å². The van der Waals surface area contributed by atoms with E-state index in [-0.39, 0.29) is 11.4 Å². The minimum atomic E-state index is -0.128. The molecule has 3 rings (SSSR count). The molecule has 1 fully saturated rings. The summed E-state index contributed by atoms with van der Waals surface area (Å²) in [6.07, 6.45) is 3.51. The van der Waals surface area contributed by atoms with Crippen molar-refractivity contribution in [3.63, 3.8) is 0 Å². The van der Waals surface area contributed by atoms with Gasteiger partial charge >= 0.3 is 6.03 Å². The topological polar surface area (TPSA) is 41.1 Å². The Bertz CT molecular complexity index is 670. The second-order valence-electron chi connectivity index (χ2n) is 6.68. The first-order chi connectivity index (χ1) is 11.1. The van der Waals surface area contributed by atoms with Crippen molar-refractivity contribution in [2.24, 2.45) is 0 Å². The van der Waals surface area contributed by atoms with Gasteiger partial charge < -0.3 is 10.6 Å². The van der Waals surface area contributed by atoms with Gasteiger partial charge in [-0.3, -0.25) is 0 Å². The fourth-order valence-electron chi connectivity index (χ4n) is 3.43. The highest BCUT2D eigenvalue weighted by Crippen LogP contribution is 2.43. The Morgan fingerprint density at radius 3 is 2.26 bits per heavy atom. The largest absolute Gasteiger partial charge is 0.337 e. The van der Waals surface area contributed by atoms with Crippen LogP contribution in [-0.4, -0.2) is 12.6 Å². The second kappa shape index (κ2) is 6.45. The van der Waals surface area contributed by atoms with Gasteiger partial charge in [0.25, 0.3) is 0 Å². The lowest BCUT2D eigenvalue weighted by atomic mass is 9.64. The maximum atomic E-state index is 12.2. The van der Waals surface area contributed by atoms with Crippen LogP contribution in [0.15, 0.2) is 48.5 Å². The molecule has 23 heavy (non-hydrogen) atoms. The highest BCUT2D eigenvalue weighted by Gasteiger charge is 2.38. The van der Waals surface area contributed by atoms with Crippen LogP contribution < -0.4 is 10.6 Å². The van der Waals surface area contributed by atoms with Gasteiger partial charge in [0.15, 0.2) is 0 Å². The van der Waals surface area contributed by atoms with Crippen LogP contribution in [0.2, 0.25) is 0 Å². The summed E-state index contributed by atoms with van der Waals surface area (Å²) in [6.45, 7) is 4.76. The number of urea groups is 1. The molecule has 3 nitrogen and oxygen atoms in total. The van der Waals surface area contributed by atoms with Gasteiger partial charge in [0.2, 0.25) is 0 Å². The molecule has 0 atom stereocenters. The molecular weight excluding hydrogens is 284 g/mol. The Morgan fingerprint density at radius 1 is 1.04 bits per heavy atom. The minimum Gasteiger partial charge on any atom is -0.337 e. The van der Waals surface area contributed by atoms with Gasteiger partial charge in [-0.25, -0.2) is 4.79 Å². The van der Waals surface area contributed by atoms with Gasteiger partial charge in [-0.15, -0.1) is 0 Å². The van der Waals surface area contributed by atoms with Crippen LogP contribution in [0, 0.1) is 13.8 Å². The van der Waals surface area contributed by atoms with Crippen molar-refractivity contribution >= 4 is 11.7 Å². The Labute approximate surface area is 138 Å². The van der Waals surface area contributed by atoms with Crippen molar-refractivity contribution < 1.29 is 4.79 Å². The van der Waals surface area contributed by atoms with E-state index >= 15 is 0 Å². The zero-order valence-corrected chi connectivity index (χ0v) is 13.9. The average molecular weight is 308 g/mol. The maximum absolute atomic E-state index is 12.2. The summed E-state index contributed by atoms with van der Waals surface area (Å²) in [7, 11) is 0. The third kappa shape index (κ3) is 3.55. The van der Waals surface area contributed by atoms with Crippen LogP contribution in [0.1, 0.15) is 36.0 Å². The zero-order valence-electron chi connectivity index (χ0n) is 13.9. The normalized spacial score (nSPS) is 15.6. The van der Waals surface area contributed by atoms with Crippen molar-refractivity contribution in [2.75, 3.05) is 11.9 Å². The molecule has 0 unspecified atom stereocenters. The Hall–Kier alpha value is -2.29. The number of anilines is 1. The quantitative estimate of drug-likeness (QED) is 0.855. The van der Waals surface area contributed by atoms with E-state index in [1.807, 2.05) is 32.0 Å². The van der Waals surface area contributed by atoms with Crippen molar-refractivity contribution in [3.8, 4) is 0 Å². The summed E-state index contributed by atoms with van der Waals surface area (Å²) in [4.78, 5) is 12.2. The molecule has 0 saturated heterocycles. The standard InChI is InChI=1S/C20H24N2O/c1-15-11-16(2)13-18(12-15)22-19(23)21-14-20(9-6-10-20)17-7-4-3-5-8-17/h3-5,7-8,11-13H,6,9-10,14H2,1-2H3,(H2,21,22,23). The molecule has 1 saturated carbocycles. The molecule has 120 valence electrons. The monoisotopic (exact) mass is 308 g/mol. The number of hydrogen-bond acceptors (Lipinski definition) is 1. The smallest absolute Gasteiger partial charge is 0.319 e. The zero-order chi connectivity index (χ0) is 16.3. The molecule has 0 spiro atoms. The summed E-state index contributed by atoms with van der Waals surface area (Å²) in [6, 6.07) is 16.5. The van der Waals surface area contributed by atoms with Crippen molar-refractivity contribution in [3.05, 3.63) is 65.2 Å². The number of benzene rings is 2. The Balaban J connectivity index is 1.62. The molecule has 3 heteroatoms. The van der Waals surface area contributed by atoms with Gasteiger partial charge in [0.05, 0.1) is 0 Å². The summed E-state index contributed by atoms with van der Waals surface area (Å²) < 4.78 is 0. The Morgan fingerprint density at radius 2 is 1.70 bits per heavy atom. The molecule has 1 aliphatic rings. The molecule has 1 aliphatic carbocycles. The molecule has 2 amide bonds. The van der Waals surface area contributed by atoms with Crippen LogP contribution >= 0.6 is 0 Å². The lowest BCUT2D eigenvalue weighted by Crippen LogP contribution is -2.46. The fourth-order valence-corrected chi connectivity index (χ4v) is 3.43. The van der Waals surface area contributed by atoms with E-state index < -0.39 is 0 Å². The number of carbonyl (C=O) groups is 1. The summed E-state index contributed by atoms with van der Waals surface area (Å²) in [5.41, 5.74) is 4.60. The molecular formula is C20H24N2O. The highest BCUT2D eigenvalue weighted by molar-refractivity contribution is 5.89. The lowest BCUT2D eigenvalue weighted by molar-refractivity contribution is 0.222. The molecule has 0 heterocycles. The highest BCUT2D eigenvalue weighted by atomic mass is 16.2. The molecule has 0 aliphatic heterocycles. The van der Waals surface area contributed by atoms with Crippen molar-refractivity contribution in [1.82, 2.24) is 5.32 Å². The summed E-state index contributed by atoms with van der Waals surface area (Å²) >= 11 is 0. The molecule has 2 aromatic rings. The first kappa shape index (κ1) is 15.6. The number of aryl methyl sites for hydroxylation is 2. The third-order valence-corrected chi connectivity index (χ3v) is 4.76. The predicted molar refractivity (Wildman–Crippen MR) is 94.9 cm³/mol. The molecule has 0 aromatic heterocycles. The van der Waals surface area contributed by atoms with E-state index in [0.29, 0.717) is 6.54 Å². The van der Waals surface area contributed by atoms with E-state index in [2.05, 4.69) is 41.0 Å². The van der Waals surface area contributed by atoms with Crippen LogP contribution in [-0.2, 0) is 5.41 Å². The molecule has 0 bridgehead atoms. The number of amides is 2. The van der Waals surface area contributed by atoms with Gasteiger partial charge in [0, 0.05) is 17.6 Å². The van der Waals surface area contributed by atoms with Gasteiger partial charge in [-0.05, 0) is 55.5 Å². The molecule has 2 aromatic carbocycles. The lowest BCUT2D eigenvalue weighted by Gasteiger charge is -2.42. The number of rotatable bonds is 4.